The molecule has 4 rings (SSSR count). The number of aryl methyl sites for hydroxylation is 1. The van der Waals surface area contributed by atoms with Crippen LogP contribution in [-0.4, -0.2) is 10.9 Å². The van der Waals surface area contributed by atoms with Crippen molar-refractivity contribution in [1.29, 1.82) is 0 Å². The molecule has 1 aromatic heterocycles. The lowest BCUT2D eigenvalue weighted by Crippen LogP contribution is -2.34. The monoisotopic (exact) mass is 434 g/mol. The molecule has 0 N–H and O–H groups in total. The minimum atomic E-state index is -0.259. The molecule has 0 aliphatic rings. The molecular weight excluding hydrogens is 415 g/mol. The van der Waals surface area contributed by atoms with Gasteiger partial charge in [-0.3, -0.25) is 9.78 Å². The van der Waals surface area contributed by atoms with Crippen molar-refractivity contribution in [1.82, 2.24) is 4.98 Å². The molecule has 0 saturated heterocycles. The van der Waals surface area contributed by atoms with Crippen LogP contribution < -0.4 is 4.90 Å². The van der Waals surface area contributed by atoms with Crippen LogP contribution in [0.4, 0.5) is 5.69 Å². The van der Waals surface area contributed by atoms with E-state index in [9.17, 15) is 4.79 Å². The first kappa shape index (κ1) is 20.4. The molecule has 3 aromatic carbocycles. The largest absolute Gasteiger partial charge is 0.301 e. The van der Waals surface area contributed by atoms with E-state index in [-0.39, 0.29) is 11.9 Å². The highest BCUT2D eigenvalue weighted by Gasteiger charge is 2.27. The molecule has 3 nitrogen and oxygen atoms in total. The summed E-state index contributed by atoms with van der Waals surface area (Å²) in [5.74, 6) is -0.131. The third kappa shape index (κ3) is 3.91. The molecule has 1 amide bonds. The number of aromatic nitrogens is 1. The molecule has 5 heteroatoms. The quantitative estimate of drug-likeness (QED) is 0.338. The summed E-state index contributed by atoms with van der Waals surface area (Å²) in [5, 5.41) is 3.18. The van der Waals surface area contributed by atoms with Crippen LogP contribution in [0, 0.1) is 6.92 Å². The zero-order valence-electron chi connectivity index (χ0n) is 16.6. The summed E-state index contributed by atoms with van der Waals surface area (Å²) in [4.78, 5) is 19.6. The number of carbonyl (C=O) groups excluding carboxylic acids is 1. The predicted molar refractivity (Wildman–Crippen MR) is 125 cm³/mol. The van der Waals surface area contributed by atoms with E-state index >= 15 is 0 Å². The second kappa shape index (κ2) is 8.47. The van der Waals surface area contributed by atoms with E-state index in [0.29, 0.717) is 21.3 Å². The molecular formula is C25H20Cl2N2O. The predicted octanol–water partition coefficient (Wildman–Crippen LogP) is 7.26. The highest BCUT2D eigenvalue weighted by atomic mass is 35.5. The zero-order valence-corrected chi connectivity index (χ0v) is 18.2. The first-order chi connectivity index (χ1) is 14.5. The molecule has 1 heterocycles. The number of halogens is 2. The van der Waals surface area contributed by atoms with Crippen LogP contribution in [0.1, 0.15) is 34.5 Å². The Morgan fingerprint density at radius 2 is 1.67 bits per heavy atom. The lowest BCUT2D eigenvalue weighted by Gasteiger charge is -2.31. The molecule has 1 unspecified atom stereocenters. The fraction of sp³-hybridized carbons (Fsp3) is 0.120. The number of fused-ring (bicyclic) bond motifs is 1. The summed E-state index contributed by atoms with van der Waals surface area (Å²) in [6.45, 7) is 3.90. The SMILES string of the molecule is Cc1cnccc1C(=O)N(c1cc(Cl)cc(Cl)c1)C(C)c1cccc2ccccc12. The van der Waals surface area contributed by atoms with Gasteiger partial charge in [0.05, 0.1) is 6.04 Å². The Morgan fingerprint density at radius 3 is 2.40 bits per heavy atom. The van der Waals surface area contributed by atoms with Crippen molar-refractivity contribution in [2.24, 2.45) is 0 Å². The molecule has 0 aliphatic carbocycles. The van der Waals surface area contributed by atoms with Crippen LogP contribution in [0.5, 0.6) is 0 Å². The number of pyridine rings is 1. The van der Waals surface area contributed by atoms with Crippen LogP contribution in [0.3, 0.4) is 0 Å². The maximum Gasteiger partial charge on any atom is 0.259 e. The number of rotatable bonds is 4. The van der Waals surface area contributed by atoms with Gasteiger partial charge in [0.1, 0.15) is 0 Å². The number of anilines is 1. The van der Waals surface area contributed by atoms with E-state index in [4.69, 9.17) is 23.2 Å². The van der Waals surface area contributed by atoms with Gasteiger partial charge in [-0.05, 0) is 60.0 Å². The smallest absolute Gasteiger partial charge is 0.259 e. The molecule has 0 aliphatic heterocycles. The molecule has 0 fully saturated rings. The molecule has 0 spiro atoms. The number of hydrogen-bond acceptors (Lipinski definition) is 2. The standard InChI is InChI=1S/C25H20Cl2N2O/c1-16-15-28-11-10-22(16)25(30)29(21-13-19(26)12-20(27)14-21)17(2)23-9-5-7-18-6-3-4-8-24(18)23/h3-15,17H,1-2H3. The Bertz CT molecular complexity index is 1210. The number of carbonyl (C=O) groups is 1. The molecule has 4 aromatic rings. The average Bonchev–Trinajstić information content (AvgIpc) is 2.73. The second-order valence-electron chi connectivity index (χ2n) is 7.24. The number of nitrogens with zero attached hydrogens (tertiary/aromatic N) is 2. The molecule has 1 atom stereocenters. The van der Waals surface area contributed by atoms with E-state index in [1.807, 2.05) is 32.0 Å². The summed E-state index contributed by atoms with van der Waals surface area (Å²) in [5.41, 5.74) is 3.09. The van der Waals surface area contributed by atoms with Gasteiger partial charge < -0.3 is 4.90 Å². The van der Waals surface area contributed by atoms with Gasteiger partial charge in [0.2, 0.25) is 0 Å². The lowest BCUT2D eigenvalue weighted by molar-refractivity contribution is 0.0977. The number of amides is 1. The van der Waals surface area contributed by atoms with Crippen LogP contribution in [0.25, 0.3) is 10.8 Å². The summed E-state index contributed by atoms with van der Waals surface area (Å²) >= 11 is 12.6. The summed E-state index contributed by atoms with van der Waals surface area (Å²) < 4.78 is 0. The highest BCUT2D eigenvalue weighted by molar-refractivity contribution is 6.35. The van der Waals surface area contributed by atoms with Gasteiger partial charge in [-0.25, -0.2) is 0 Å². The van der Waals surface area contributed by atoms with Crippen molar-refractivity contribution in [3.8, 4) is 0 Å². The van der Waals surface area contributed by atoms with E-state index in [0.717, 1.165) is 21.9 Å². The zero-order chi connectivity index (χ0) is 21.3. The van der Waals surface area contributed by atoms with E-state index in [2.05, 4.69) is 29.2 Å². The lowest BCUT2D eigenvalue weighted by atomic mass is 9.97. The fourth-order valence-corrected chi connectivity index (χ4v) is 4.31. The second-order valence-corrected chi connectivity index (χ2v) is 8.11. The van der Waals surface area contributed by atoms with E-state index in [1.54, 1.807) is 41.6 Å². The van der Waals surface area contributed by atoms with Crippen molar-refractivity contribution in [2.75, 3.05) is 4.90 Å². The van der Waals surface area contributed by atoms with Crippen molar-refractivity contribution in [3.63, 3.8) is 0 Å². The van der Waals surface area contributed by atoms with Crippen LogP contribution in [0.15, 0.2) is 79.1 Å². The minimum Gasteiger partial charge on any atom is -0.301 e. The van der Waals surface area contributed by atoms with E-state index < -0.39 is 0 Å². The van der Waals surface area contributed by atoms with Crippen LogP contribution in [0.2, 0.25) is 10.0 Å². The fourth-order valence-electron chi connectivity index (χ4n) is 3.79. The number of benzene rings is 3. The summed E-state index contributed by atoms with van der Waals surface area (Å²) in [7, 11) is 0. The Kier molecular flexibility index (Phi) is 5.76. The third-order valence-corrected chi connectivity index (χ3v) is 5.69. The average molecular weight is 435 g/mol. The molecule has 0 saturated carbocycles. The van der Waals surface area contributed by atoms with Crippen molar-refractivity contribution >= 4 is 45.6 Å². The Labute approximate surface area is 185 Å². The summed E-state index contributed by atoms with van der Waals surface area (Å²) in [6.07, 6.45) is 3.32. The van der Waals surface area contributed by atoms with Gasteiger partial charge >= 0.3 is 0 Å². The highest BCUT2D eigenvalue weighted by Crippen LogP contribution is 2.35. The van der Waals surface area contributed by atoms with Crippen LogP contribution in [-0.2, 0) is 0 Å². The summed E-state index contributed by atoms with van der Waals surface area (Å²) in [6, 6.07) is 21.0. The van der Waals surface area contributed by atoms with Gasteiger partial charge in [0.15, 0.2) is 0 Å². The van der Waals surface area contributed by atoms with Gasteiger partial charge in [-0.15, -0.1) is 0 Å². The van der Waals surface area contributed by atoms with Crippen molar-refractivity contribution < 1.29 is 4.79 Å². The van der Waals surface area contributed by atoms with Gasteiger partial charge in [-0.2, -0.15) is 0 Å². The topological polar surface area (TPSA) is 33.2 Å². The molecule has 150 valence electrons. The maximum atomic E-state index is 13.8. The first-order valence-electron chi connectivity index (χ1n) is 9.63. The van der Waals surface area contributed by atoms with Gasteiger partial charge in [0, 0.05) is 33.7 Å². The van der Waals surface area contributed by atoms with Gasteiger partial charge in [-0.1, -0.05) is 65.7 Å². The Hall–Kier alpha value is -2.88. The normalized spacial score (nSPS) is 12.0. The Balaban J connectivity index is 1.90. The van der Waals surface area contributed by atoms with Crippen molar-refractivity contribution in [3.05, 3.63) is 106 Å². The van der Waals surface area contributed by atoms with Crippen molar-refractivity contribution in [2.45, 2.75) is 19.9 Å². The number of hydrogen-bond donors (Lipinski definition) is 0. The van der Waals surface area contributed by atoms with Gasteiger partial charge in [0.25, 0.3) is 5.91 Å². The molecule has 0 radical (unpaired) electrons. The minimum absolute atomic E-state index is 0.131. The van der Waals surface area contributed by atoms with E-state index in [1.165, 1.54) is 0 Å². The third-order valence-electron chi connectivity index (χ3n) is 5.26. The molecule has 30 heavy (non-hydrogen) atoms. The first-order valence-corrected chi connectivity index (χ1v) is 10.4. The molecule has 0 bridgehead atoms. The maximum absolute atomic E-state index is 13.8. The van der Waals surface area contributed by atoms with Crippen LogP contribution >= 0.6 is 23.2 Å². The Morgan fingerprint density at radius 1 is 0.967 bits per heavy atom.